The summed E-state index contributed by atoms with van der Waals surface area (Å²) in [7, 11) is 0. The molecule has 0 spiro atoms. The number of carbonyl (C=O) groups is 1. The fourth-order valence-electron chi connectivity index (χ4n) is 1.03. The summed E-state index contributed by atoms with van der Waals surface area (Å²) >= 11 is 0. The van der Waals surface area contributed by atoms with Crippen molar-refractivity contribution in [1.82, 2.24) is 5.32 Å². The van der Waals surface area contributed by atoms with E-state index in [4.69, 9.17) is 15.2 Å². The number of alkyl carbamates (subject to hydrolysis) is 1. The van der Waals surface area contributed by atoms with Crippen LogP contribution in [0.25, 0.3) is 0 Å². The van der Waals surface area contributed by atoms with Crippen molar-refractivity contribution in [1.29, 1.82) is 0 Å². The number of allylic oxidation sites excluding steroid dienone is 1. The molecular formula is C13H25N3O3. The summed E-state index contributed by atoms with van der Waals surface area (Å²) in [5, 5.41) is 2.59. The smallest absolute Gasteiger partial charge is 0.407 e. The Morgan fingerprint density at radius 2 is 2.05 bits per heavy atom. The molecule has 0 aliphatic carbocycles. The molecule has 0 aliphatic heterocycles. The van der Waals surface area contributed by atoms with E-state index in [1.54, 1.807) is 13.1 Å². The van der Waals surface area contributed by atoms with Crippen molar-refractivity contribution < 1.29 is 14.3 Å². The van der Waals surface area contributed by atoms with Gasteiger partial charge in [0, 0.05) is 6.21 Å². The first-order valence-electron chi connectivity index (χ1n) is 6.34. The normalized spacial score (nSPS) is 13.1. The molecule has 0 fully saturated rings. The van der Waals surface area contributed by atoms with Crippen LogP contribution in [0.2, 0.25) is 0 Å². The zero-order valence-corrected chi connectivity index (χ0v) is 12.4. The topological polar surface area (TPSA) is 85.9 Å². The Hall–Kier alpha value is -1.72. The molecule has 19 heavy (non-hydrogen) atoms. The van der Waals surface area contributed by atoms with Crippen molar-refractivity contribution in [2.24, 2.45) is 10.7 Å². The molecule has 0 saturated carbocycles. The van der Waals surface area contributed by atoms with Gasteiger partial charge in [0.25, 0.3) is 0 Å². The Morgan fingerprint density at radius 3 is 2.58 bits per heavy atom. The van der Waals surface area contributed by atoms with Crippen molar-refractivity contribution in [2.45, 2.75) is 46.6 Å². The zero-order chi connectivity index (χ0) is 14.9. The quantitative estimate of drug-likeness (QED) is 0.440. The van der Waals surface area contributed by atoms with Gasteiger partial charge in [-0.1, -0.05) is 6.92 Å². The van der Waals surface area contributed by atoms with Crippen LogP contribution in [0.1, 0.15) is 41.0 Å². The number of nitrogens with zero attached hydrogens (tertiary/aromatic N) is 1. The number of hydrogen-bond donors (Lipinski definition) is 2. The number of hydrogen-bond acceptors (Lipinski definition) is 5. The fourth-order valence-corrected chi connectivity index (χ4v) is 1.03. The Bertz CT molecular complexity index is 344. The minimum absolute atomic E-state index is 0.313. The Kier molecular flexibility index (Phi) is 7.63. The van der Waals surface area contributed by atoms with Crippen molar-refractivity contribution >= 4 is 12.3 Å². The van der Waals surface area contributed by atoms with Crippen molar-refractivity contribution in [3.8, 4) is 0 Å². The van der Waals surface area contributed by atoms with Gasteiger partial charge >= 0.3 is 6.09 Å². The maximum Gasteiger partial charge on any atom is 0.407 e. The van der Waals surface area contributed by atoms with E-state index >= 15 is 0 Å². The van der Waals surface area contributed by atoms with Gasteiger partial charge in [-0.05, 0) is 34.1 Å². The highest BCUT2D eigenvalue weighted by Gasteiger charge is 2.15. The molecular weight excluding hydrogens is 246 g/mol. The average molecular weight is 271 g/mol. The molecule has 110 valence electrons. The van der Waals surface area contributed by atoms with Crippen molar-refractivity contribution in [2.75, 3.05) is 13.2 Å². The summed E-state index contributed by atoms with van der Waals surface area (Å²) in [6.45, 7) is 9.78. The number of carbonyl (C=O) groups excluding carboxylic acids is 1. The van der Waals surface area contributed by atoms with Crippen LogP contribution in [0.5, 0.6) is 0 Å². The second-order valence-electron chi connectivity index (χ2n) is 4.94. The maximum absolute atomic E-state index is 11.3. The molecule has 0 unspecified atom stereocenters. The van der Waals surface area contributed by atoms with E-state index in [1.165, 1.54) is 0 Å². The van der Waals surface area contributed by atoms with Crippen molar-refractivity contribution in [3.63, 3.8) is 0 Å². The average Bonchev–Trinajstić information content (AvgIpc) is 2.29. The van der Waals surface area contributed by atoms with Crippen LogP contribution >= 0.6 is 0 Å². The van der Waals surface area contributed by atoms with E-state index < -0.39 is 11.7 Å². The van der Waals surface area contributed by atoms with Gasteiger partial charge in [-0.15, -0.1) is 0 Å². The minimum Gasteiger partial charge on any atom is -0.493 e. The first-order chi connectivity index (χ1) is 8.76. The van der Waals surface area contributed by atoms with Crippen LogP contribution < -0.4 is 11.1 Å². The summed E-state index contributed by atoms with van der Waals surface area (Å²) in [4.78, 5) is 15.3. The Labute approximate surface area is 115 Å². The molecule has 6 heteroatoms. The van der Waals surface area contributed by atoms with Gasteiger partial charge in [0.05, 0.1) is 6.54 Å². The number of nitrogens with two attached hydrogens (primary N) is 1. The summed E-state index contributed by atoms with van der Waals surface area (Å²) in [6.07, 6.45) is 2.06. The lowest BCUT2D eigenvalue weighted by Gasteiger charge is -2.19. The van der Waals surface area contributed by atoms with Gasteiger partial charge in [0.1, 0.15) is 18.0 Å². The van der Waals surface area contributed by atoms with E-state index in [9.17, 15) is 4.79 Å². The zero-order valence-electron chi connectivity index (χ0n) is 12.4. The third-order valence-electron chi connectivity index (χ3n) is 1.86. The second kappa shape index (κ2) is 8.39. The third-order valence-corrected chi connectivity index (χ3v) is 1.86. The lowest BCUT2D eigenvalue weighted by Crippen LogP contribution is -2.34. The minimum atomic E-state index is -0.500. The molecule has 0 bridgehead atoms. The van der Waals surface area contributed by atoms with Gasteiger partial charge in [-0.2, -0.15) is 0 Å². The molecule has 0 rings (SSSR count). The van der Waals surface area contributed by atoms with E-state index in [0.29, 0.717) is 24.7 Å². The molecule has 6 nitrogen and oxygen atoms in total. The van der Waals surface area contributed by atoms with E-state index in [1.807, 2.05) is 27.7 Å². The van der Waals surface area contributed by atoms with Crippen molar-refractivity contribution in [3.05, 3.63) is 11.6 Å². The summed E-state index contributed by atoms with van der Waals surface area (Å²) in [6, 6.07) is 0. The highest BCUT2D eigenvalue weighted by Crippen LogP contribution is 2.06. The van der Waals surface area contributed by atoms with Gasteiger partial charge in [0.2, 0.25) is 0 Å². The van der Waals surface area contributed by atoms with Crippen LogP contribution in [-0.4, -0.2) is 31.1 Å². The van der Waals surface area contributed by atoms with Gasteiger partial charge in [-0.3, -0.25) is 0 Å². The molecule has 0 aliphatic rings. The molecule has 0 saturated heterocycles. The third kappa shape index (κ3) is 9.93. The predicted octanol–water partition coefficient (Wildman–Crippen LogP) is 2.16. The molecule has 1 amide bonds. The summed E-state index contributed by atoms with van der Waals surface area (Å²) in [5.74, 6) is 0.884. The molecule has 0 heterocycles. The largest absolute Gasteiger partial charge is 0.493 e. The first kappa shape index (κ1) is 17.3. The molecule has 0 aromatic carbocycles. The van der Waals surface area contributed by atoms with Gasteiger partial charge < -0.3 is 20.5 Å². The fraction of sp³-hybridized carbons (Fsp3) is 0.692. The maximum atomic E-state index is 11.3. The molecule has 0 radical (unpaired) electrons. The lowest BCUT2D eigenvalue weighted by molar-refractivity contribution is 0.0513. The molecule has 0 atom stereocenters. The van der Waals surface area contributed by atoms with Gasteiger partial charge in [0.15, 0.2) is 5.82 Å². The lowest BCUT2D eigenvalue weighted by atomic mass is 10.2. The SMILES string of the molecule is CC/C=N\C(N)=C(C)OCCNC(=O)OC(C)(C)C. The van der Waals surface area contributed by atoms with Gasteiger partial charge in [-0.25, -0.2) is 9.79 Å². The van der Waals surface area contributed by atoms with Crippen LogP contribution in [0.4, 0.5) is 4.79 Å². The van der Waals surface area contributed by atoms with E-state index in [2.05, 4.69) is 10.3 Å². The predicted molar refractivity (Wildman–Crippen MR) is 75.9 cm³/mol. The standard InChI is InChI=1S/C13H25N3O3/c1-6-7-15-11(14)10(2)18-9-8-16-12(17)19-13(3,4)5/h7H,6,8-9,14H2,1-5H3,(H,16,17)/b11-10?,15-7-. The van der Waals surface area contributed by atoms with E-state index in [-0.39, 0.29) is 0 Å². The monoisotopic (exact) mass is 271 g/mol. The Morgan fingerprint density at radius 1 is 1.42 bits per heavy atom. The number of aliphatic imine (C=N–C) groups is 1. The molecule has 0 aromatic heterocycles. The van der Waals surface area contributed by atoms with E-state index in [0.717, 1.165) is 6.42 Å². The molecule has 3 N–H and O–H groups in total. The highest BCUT2D eigenvalue weighted by atomic mass is 16.6. The molecule has 0 aromatic rings. The number of nitrogens with one attached hydrogen (secondary N) is 1. The highest BCUT2D eigenvalue weighted by molar-refractivity contribution is 5.67. The first-order valence-corrected chi connectivity index (χ1v) is 6.34. The Balaban J connectivity index is 3.92. The summed E-state index contributed by atoms with van der Waals surface area (Å²) < 4.78 is 10.4. The second-order valence-corrected chi connectivity index (χ2v) is 4.94. The van der Waals surface area contributed by atoms with Crippen LogP contribution in [0.15, 0.2) is 16.6 Å². The summed E-state index contributed by atoms with van der Waals surface area (Å²) in [5.41, 5.74) is 5.17. The van der Waals surface area contributed by atoms with Crippen LogP contribution in [0.3, 0.4) is 0 Å². The van der Waals surface area contributed by atoms with Crippen LogP contribution in [-0.2, 0) is 9.47 Å². The number of ether oxygens (including phenoxy) is 2. The number of rotatable bonds is 6. The number of amides is 1. The van der Waals surface area contributed by atoms with Crippen LogP contribution in [0, 0.1) is 0 Å².